The standard InChI is InChI=1S/C28H33N7O2/c1-17-14-26(32-23-11-8-20(9-12-23)28(33-29)34(4)30)25-16-22(10-13-27(25)35(17)19(3)37)21-6-5-7-24(15-21)31-18(2)36/h5-13,15-17,26,32H,14,29-30H2,1-4H3,(H,31,36)/b33-28-/t17-,26+/m0/s1. The Morgan fingerprint density at radius 1 is 1.00 bits per heavy atom. The van der Waals surface area contributed by atoms with Gasteiger partial charge >= 0.3 is 0 Å². The molecular weight excluding hydrogens is 466 g/mol. The van der Waals surface area contributed by atoms with E-state index >= 15 is 0 Å². The first-order valence-electron chi connectivity index (χ1n) is 12.1. The number of rotatable bonds is 5. The molecule has 2 amide bonds. The van der Waals surface area contributed by atoms with Crippen molar-refractivity contribution in [2.24, 2.45) is 16.8 Å². The van der Waals surface area contributed by atoms with Crippen molar-refractivity contribution in [3.8, 4) is 11.1 Å². The van der Waals surface area contributed by atoms with E-state index in [0.29, 0.717) is 5.84 Å². The van der Waals surface area contributed by atoms with Crippen molar-refractivity contribution in [2.45, 2.75) is 39.3 Å². The molecule has 6 N–H and O–H groups in total. The molecule has 0 radical (unpaired) electrons. The third-order valence-electron chi connectivity index (χ3n) is 6.48. The lowest BCUT2D eigenvalue weighted by molar-refractivity contribution is -0.117. The molecule has 192 valence electrons. The molecule has 1 heterocycles. The van der Waals surface area contributed by atoms with Gasteiger partial charge in [0.2, 0.25) is 11.8 Å². The zero-order valence-corrected chi connectivity index (χ0v) is 21.5. The molecule has 0 aromatic heterocycles. The summed E-state index contributed by atoms with van der Waals surface area (Å²) in [5.74, 6) is 11.7. The van der Waals surface area contributed by atoms with Crippen LogP contribution in [0.25, 0.3) is 11.1 Å². The lowest BCUT2D eigenvalue weighted by atomic mass is 9.88. The van der Waals surface area contributed by atoms with Crippen LogP contribution in [0.5, 0.6) is 0 Å². The molecule has 1 aliphatic rings. The summed E-state index contributed by atoms with van der Waals surface area (Å²) < 4.78 is 0. The SMILES string of the molecule is CC(=O)Nc1cccc(-c2ccc3c(c2)[C@H](Nc2ccc(/C(=N/N)N(C)N)cc2)C[C@H](C)N3C(C)=O)c1. The normalized spacial score (nSPS) is 17.1. The second-order valence-electron chi connectivity index (χ2n) is 9.35. The van der Waals surface area contributed by atoms with Crippen molar-refractivity contribution in [1.82, 2.24) is 5.01 Å². The van der Waals surface area contributed by atoms with E-state index in [9.17, 15) is 9.59 Å². The number of carbonyl (C=O) groups is 2. The van der Waals surface area contributed by atoms with Crippen molar-refractivity contribution in [3.05, 3.63) is 77.9 Å². The number of nitrogens with zero attached hydrogens (tertiary/aromatic N) is 3. The first-order chi connectivity index (χ1) is 17.7. The Bertz CT molecular complexity index is 1330. The number of hydrogen-bond donors (Lipinski definition) is 4. The number of nitrogens with one attached hydrogen (secondary N) is 2. The van der Waals surface area contributed by atoms with E-state index in [1.165, 1.54) is 11.9 Å². The van der Waals surface area contributed by atoms with Gasteiger partial charge in [0.25, 0.3) is 0 Å². The minimum atomic E-state index is -0.119. The molecule has 4 rings (SSSR count). The van der Waals surface area contributed by atoms with Gasteiger partial charge in [0, 0.05) is 49.6 Å². The fourth-order valence-electron chi connectivity index (χ4n) is 4.93. The summed E-state index contributed by atoms with van der Waals surface area (Å²) in [6.45, 7) is 5.15. The van der Waals surface area contributed by atoms with Crippen LogP contribution in [-0.4, -0.2) is 35.7 Å². The number of hydrazine groups is 1. The third kappa shape index (κ3) is 5.57. The second kappa shape index (κ2) is 10.7. The number of amides is 2. The number of amidine groups is 1. The monoisotopic (exact) mass is 499 g/mol. The molecule has 9 heteroatoms. The zero-order valence-electron chi connectivity index (χ0n) is 21.5. The van der Waals surface area contributed by atoms with Crippen LogP contribution in [0, 0.1) is 0 Å². The van der Waals surface area contributed by atoms with Crippen molar-refractivity contribution >= 4 is 34.7 Å². The van der Waals surface area contributed by atoms with Gasteiger partial charge in [-0.1, -0.05) is 18.2 Å². The average Bonchev–Trinajstić information content (AvgIpc) is 2.84. The maximum absolute atomic E-state index is 12.6. The first-order valence-corrected chi connectivity index (χ1v) is 12.1. The smallest absolute Gasteiger partial charge is 0.224 e. The highest BCUT2D eigenvalue weighted by Crippen LogP contribution is 2.41. The molecule has 0 bridgehead atoms. The molecule has 0 unspecified atom stereocenters. The highest BCUT2D eigenvalue weighted by molar-refractivity contribution is 5.98. The van der Waals surface area contributed by atoms with Gasteiger partial charge in [0.1, 0.15) is 0 Å². The number of nitrogens with two attached hydrogens (primary N) is 2. The summed E-state index contributed by atoms with van der Waals surface area (Å²) in [5, 5.41) is 11.6. The summed E-state index contributed by atoms with van der Waals surface area (Å²) in [6, 6.07) is 21.6. The largest absolute Gasteiger partial charge is 0.378 e. The fraction of sp³-hybridized carbons (Fsp3) is 0.250. The van der Waals surface area contributed by atoms with Gasteiger partial charge in [-0.25, -0.2) is 5.84 Å². The molecule has 0 saturated heterocycles. The van der Waals surface area contributed by atoms with E-state index in [2.05, 4.69) is 28.7 Å². The summed E-state index contributed by atoms with van der Waals surface area (Å²) in [5.41, 5.74) is 6.37. The Kier molecular flexibility index (Phi) is 7.45. The number of hydrazone groups is 1. The molecule has 0 spiro atoms. The summed E-state index contributed by atoms with van der Waals surface area (Å²) >= 11 is 0. The lowest BCUT2D eigenvalue weighted by Gasteiger charge is -2.39. The van der Waals surface area contributed by atoms with Gasteiger partial charge in [-0.2, -0.15) is 5.10 Å². The summed E-state index contributed by atoms with van der Waals surface area (Å²) in [4.78, 5) is 25.9. The third-order valence-corrected chi connectivity index (χ3v) is 6.48. The highest BCUT2D eigenvalue weighted by atomic mass is 16.2. The highest BCUT2D eigenvalue weighted by Gasteiger charge is 2.32. The van der Waals surface area contributed by atoms with E-state index in [1.807, 2.05) is 65.6 Å². The van der Waals surface area contributed by atoms with E-state index in [1.54, 1.807) is 14.0 Å². The van der Waals surface area contributed by atoms with Crippen LogP contribution in [0.2, 0.25) is 0 Å². The van der Waals surface area contributed by atoms with Crippen LogP contribution in [0.3, 0.4) is 0 Å². The number of benzene rings is 3. The molecule has 0 fully saturated rings. The van der Waals surface area contributed by atoms with Crippen LogP contribution < -0.4 is 27.2 Å². The molecule has 3 aromatic rings. The predicted molar refractivity (Wildman–Crippen MR) is 149 cm³/mol. The van der Waals surface area contributed by atoms with Crippen molar-refractivity contribution < 1.29 is 9.59 Å². The molecule has 3 aromatic carbocycles. The van der Waals surface area contributed by atoms with Gasteiger partial charge in [0.05, 0.1) is 6.04 Å². The van der Waals surface area contributed by atoms with Gasteiger partial charge in [0.15, 0.2) is 5.84 Å². The Morgan fingerprint density at radius 2 is 1.70 bits per heavy atom. The summed E-state index contributed by atoms with van der Waals surface area (Å²) in [7, 11) is 1.68. The molecule has 37 heavy (non-hydrogen) atoms. The van der Waals surface area contributed by atoms with Crippen LogP contribution in [0.15, 0.2) is 71.8 Å². The maximum atomic E-state index is 12.6. The van der Waals surface area contributed by atoms with Crippen LogP contribution in [0.1, 0.15) is 44.4 Å². The molecular formula is C28H33N7O2. The minimum Gasteiger partial charge on any atom is -0.378 e. The van der Waals surface area contributed by atoms with E-state index < -0.39 is 0 Å². The first kappa shape index (κ1) is 25.7. The van der Waals surface area contributed by atoms with Gasteiger partial charge in [-0.3, -0.25) is 14.6 Å². The molecule has 9 nitrogen and oxygen atoms in total. The minimum absolute atomic E-state index is 0.0106. The second-order valence-corrected chi connectivity index (χ2v) is 9.35. The number of carbonyl (C=O) groups excluding carboxylic acids is 2. The quantitative estimate of drug-likeness (QED) is 0.182. The van der Waals surface area contributed by atoms with Crippen molar-refractivity contribution in [3.63, 3.8) is 0 Å². The van der Waals surface area contributed by atoms with Gasteiger partial charge < -0.3 is 21.4 Å². The van der Waals surface area contributed by atoms with Crippen LogP contribution >= 0.6 is 0 Å². The van der Waals surface area contributed by atoms with E-state index in [4.69, 9.17) is 11.7 Å². The Labute approximate surface area is 217 Å². The molecule has 2 atom stereocenters. The predicted octanol–water partition coefficient (Wildman–Crippen LogP) is 4.04. The maximum Gasteiger partial charge on any atom is 0.224 e. The van der Waals surface area contributed by atoms with Gasteiger partial charge in [-0.05, 0) is 78.6 Å². The number of fused-ring (bicyclic) bond motifs is 1. The number of anilines is 3. The van der Waals surface area contributed by atoms with E-state index in [0.717, 1.165) is 45.7 Å². The lowest BCUT2D eigenvalue weighted by Crippen LogP contribution is -2.43. The zero-order chi connectivity index (χ0) is 26.7. The molecule has 0 saturated carbocycles. The van der Waals surface area contributed by atoms with Crippen LogP contribution in [0.4, 0.5) is 17.1 Å². The van der Waals surface area contributed by atoms with Crippen molar-refractivity contribution in [1.29, 1.82) is 0 Å². The van der Waals surface area contributed by atoms with E-state index in [-0.39, 0.29) is 23.9 Å². The number of hydrogen-bond acceptors (Lipinski definition) is 6. The average molecular weight is 500 g/mol. The molecule has 1 aliphatic heterocycles. The fourth-order valence-corrected chi connectivity index (χ4v) is 4.93. The topological polar surface area (TPSA) is 129 Å². The Morgan fingerprint density at radius 3 is 2.32 bits per heavy atom. The van der Waals surface area contributed by atoms with Crippen LogP contribution in [-0.2, 0) is 9.59 Å². The van der Waals surface area contributed by atoms with Crippen molar-refractivity contribution in [2.75, 3.05) is 22.6 Å². The summed E-state index contributed by atoms with van der Waals surface area (Å²) in [6.07, 6.45) is 0.741. The Balaban J connectivity index is 1.70. The van der Waals surface area contributed by atoms with Gasteiger partial charge in [-0.15, -0.1) is 0 Å². The molecule has 0 aliphatic carbocycles. The Hall–Kier alpha value is -4.37.